The van der Waals surface area contributed by atoms with Crippen LogP contribution in [0.4, 0.5) is 4.39 Å². The molecule has 0 aromatic rings. The fraction of sp³-hybridized carbons (Fsp3) is 0.778. The highest BCUT2D eigenvalue weighted by Crippen LogP contribution is 2.31. The van der Waals surface area contributed by atoms with Crippen LogP contribution in [0.2, 0.25) is 0 Å². The van der Waals surface area contributed by atoms with Gasteiger partial charge in [0.05, 0.1) is 12.9 Å². The highest BCUT2D eigenvalue weighted by atomic mass is 19.1. The predicted molar refractivity (Wildman–Crippen MR) is 46.7 cm³/mol. The van der Waals surface area contributed by atoms with E-state index >= 15 is 0 Å². The fourth-order valence-corrected chi connectivity index (χ4v) is 1.72. The van der Waals surface area contributed by atoms with E-state index in [0.29, 0.717) is 6.61 Å². The summed E-state index contributed by atoms with van der Waals surface area (Å²) >= 11 is 0. The Morgan fingerprint density at radius 1 is 1.75 bits per heavy atom. The van der Waals surface area contributed by atoms with Crippen LogP contribution in [0, 0.1) is 0 Å². The summed E-state index contributed by atoms with van der Waals surface area (Å²) in [6.45, 7) is 3.46. The summed E-state index contributed by atoms with van der Waals surface area (Å²) in [7, 11) is 3.67. The number of likely N-dealkylation sites (tertiary alicyclic amines) is 1. The molecule has 0 radical (unpaired) electrons. The van der Waals surface area contributed by atoms with Gasteiger partial charge in [0.25, 0.3) is 0 Å². The first-order valence-corrected chi connectivity index (χ1v) is 4.11. The van der Waals surface area contributed by atoms with E-state index in [1.807, 2.05) is 7.05 Å². The third kappa shape index (κ3) is 1.67. The van der Waals surface area contributed by atoms with Crippen molar-refractivity contribution in [2.24, 2.45) is 0 Å². The standard InChI is InChI=1S/C9H16FNO/c1-9(7-12-3)4-8(5-10)6-11(9)2/h5H,4,6-7H2,1-3H3/b8-5-/t9-/m0/s1. The number of methoxy groups -OCH3 is 1. The lowest BCUT2D eigenvalue weighted by Crippen LogP contribution is -2.42. The van der Waals surface area contributed by atoms with Gasteiger partial charge < -0.3 is 4.74 Å². The van der Waals surface area contributed by atoms with Crippen LogP contribution in [-0.4, -0.2) is 37.7 Å². The van der Waals surface area contributed by atoms with Crippen LogP contribution in [0.25, 0.3) is 0 Å². The second kappa shape index (κ2) is 3.54. The van der Waals surface area contributed by atoms with Crippen molar-refractivity contribution < 1.29 is 9.13 Å². The molecule has 0 saturated carbocycles. The minimum Gasteiger partial charge on any atom is -0.383 e. The molecule has 12 heavy (non-hydrogen) atoms. The van der Waals surface area contributed by atoms with Crippen molar-refractivity contribution in [3.8, 4) is 0 Å². The van der Waals surface area contributed by atoms with Gasteiger partial charge in [0.2, 0.25) is 0 Å². The molecule has 1 fully saturated rings. The van der Waals surface area contributed by atoms with Crippen LogP contribution in [0.5, 0.6) is 0 Å². The van der Waals surface area contributed by atoms with Crippen LogP contribution >= 0.6 is 0 Å². The Balaban J connectivity index is 2.67. The summed E-state index contributed by atoms with van der Waals surface area (Å²) < 4.78 is 17.3. The zero-order valence-electron chi connectivity index (χ0n) is 7.93. The predicted octanol–water partition coefficient (Wildman–Crippen LogP) is 1.58. The van der Waals surface area contributed by atoms with Crippen molar-refractivity contribution >= 4 is 0 Å². The van der Waals surface area contributed by atoms with Crippen LogP contribution in [0.1, 0.15) is 13.3 Å². The first-order chi connectivity index (χ1) is 5.62. The van der Waals surface area contributed by atoms with E-state index in [4.69, 9.17) is 4.74 Å². The normalized spacial score (nSPS) is 34.8. The molecule has 0 aromatic heterocycles. The zero-order valence-corrected chi connectivity index (χ0v) is 7.93. The smallest absolute Gasteiger partial charge is 0.0872 e. The molecule has 1 heterocycles. The minimum atomic E-state index is -0.0212. The van der Waals surface area contributed by atoms with E-state index in [-0.39, 0.29) is 5.54 Å². The van der Waals surface area contributed by atoms with Crippen molar-refractivity contribution in [1.29, 1.82) is 0 Å². The molecule has 3 heteroatoms. The molecule has 0 N–H and O–H groups in total. The molecule has 70 valence electrons. The summed E-state index contributed by atoms with van der Waals surface area (Å²) in [4.78, 5) is 2.13. The highest BCUT2D eigenvalue weighted by molar-refractivity contribution is 5.14. The van der Waals surface area contributed by atoms with E-state index in [0.717, 1.165) is 24.9 Å². The summed E-state index contributed by atoms with van der Waals surface area (Å²) in [5.41, 5.74) is 0.837. The van der Waals surface area contributed by atoms with Crippen LogP contribution in [0.3, 0.4) is 0 Å². The lowest BCUT2D eigenvalue weighted by molar-refractivity contribution is 0.0660. The van der Waals surface area contributed by atoms with Gasteiger partial charge in [-0.25, -0.2) is 4.39 Å². The quantitative estimate of drug-likeness (QED) is 0.628. The molecule has 0 unspecified atom stereocenters. The van der Waals surface area contributed by atoms with Gasteiger partial charge in [-0.1, -0.05) is 0 Å². The van der Waals surface area contributed by atoms with Gasteiger partial charge in [-0.2, -0.15) is 0 Å². The molecule has 1 saturated heterocycles. The number of likely N-dealkylation sites (N-methyl/N-ethyl adjacent to an activating group) is 1. The second-order valence-corrected chi connectivity index (χ2v) is 3.73. The van der Waals surface area contributed by atoms with Crippen molar-refractivity contribution in [3.05, 3.63) is 11.9 Å². The summed E-state index contributed by atoms with van der Waals surface area (Å²) in [5.74, 6) is 0. The number of hydrogen-bond acceptors (Lipinski definition) is 2. The van der Waals surface area contributed by atoms with Gasteiger partial charge >= 0.3 is 0 Å². The monoisotopic (exact) mass is 173 g/mol. The van der Waals surface area contributed by atoms with Crippen molar-refractivity contribution in [2.75, 3.05) is 27.3 Å². The third-order valence-corrected chi connectivity index (χ3v) is 2.58. The average Bonchev–Trinajstić information content (AvgIpc) is 2.29. The Morgan fingerprint density at radius 2 is 2.42 bits per heavy atom. The molecular formula is C9H16FNO. The zero-order chi connectivity index (χ0) is 9.19. The maximum atomic E-state index is 12.2. The third-order valence-electron chi connectivity index (χ3n) is 2.58. The maximum Gasteiger partial charge on any atom is 0.0872 e. The molecule has 0 aliphatic carbocycles. The molecular weight excluding hydrogens is 157 g/mol. The first kappa shape index (κ1) is 9.68. The Labute approximate surface area is 73.0 Å². The second-order valence-electron chi connectivity index (χ2n) is 3.73. The van der Waals surface area contributed by atoms with Crippen molar-refractivity contribution in [1.82, 2.24) is 4.90 Å². The minimum absolute atomic E-state index is 0.0212. The molecule has 1 aliphatic rings. The van der Waals surface area contributed by atoms with Gasteiger partial charge in [-0.15, -0.1) is 0 Å². The van der Waals surface area contributed by atoms with Crippen molar-refractivity contribution in [2.45, 2.75) is 18.9 Å². The number of hydrogen-bond donors (Lipinski definition) is 0. The first-order valence-electron chi connectivity index (χ1n) is 4.11. The lowest BCUT2D eigenvalue weighted by atomic mass is 9.99. The number of halogens is 1. The molecule has 1 aliphatic heterocycles. The topological polar surface area (TPSA) is 12.5 Å². The molecule has 0 bridgehead atoms. The Morgan fingerprint density at radius 3 is 2.83 bits per heavy atom. The number of ether oxygens (including phenoxy) is 1. The van der Waals surface area contributed by atoms with Crippen molar-refractivity contribution in [3.63, 3.8) is 0 Å². The highest BCUT2D eigenvalue weighted by Gasteiger charge is 2.36. The van der Waals surface area contributed by atoms with Crippen LogP contribution in [-0.2, 0) is 4.74 Å². The Hall–Kier alpha value is -0.410. The molecule has 0 amide bonds. The Bertz CT molecular complexity index is 193. The van der Waals surface area contributed by atoms with Gasteiger partial charge in [0.1, 0.15) is 0 Å². The Kier molecular flexibility index (Phi) is 2.85. The SMILES string of the molecule is COC[C@]1(C)C/C(=C/F)CN1C. The summed E-state index contributed by atoms with van der Waals surface area (Å²) in [6, 6.07) is 0. The van der Waals surface area contributed by atoms with E-state index in [2.05, 4.69) is 11.8 Å². The summed E-state index contributed by atoms with van der Waals surface area (Å²) in [5, 5.41) is 0. The lowest BCUT2D eigenvalue weighted by Gasteiger charge is -2.30. The molecule has 1 rings (SSSR count). The van der Waals surface area contributed by atoms with E-state index in [9.17, 15) is 4.39 Å². The fourth-order valence-electron chi connectivity index (χ4n) is 1.72. The van der Waals surface area contributed by atoms with Gasteiger partial charge in [-0.3, -0.25) is 4.90 Å². The maximum absolute atomic E-state index is 12.2. The summed E-state index contributed by atoms with van der Waals surface area (Å²) in [6.07, 6.45) is 1.49. The molecule has 2 nitrogen and oxygen atoms in total. The van der Waals surface area contributed by atoms with Crippen LogP contribution < -0.4 is 0 Å². The van der Waals surface area contributed by atoms with Gasteiger partial charge in [0, 0.05) is 19.2 Å². The molecule has 1 atom stereocenters. The number of rotatable bonds is 2. The molecule has 0 spiro atoms. The molecule has 0 aromatic carbocycles. The van der Waals surface area contributed by atoms with Gasteiger partial charge in [-0.05, 0) is 26.0 Å². The number of nitrogens with zero attached hydrogens (tertiary/aromatic N) is 1. The van der Waals surface area contributed by atoms with Gasteiger partial charge in [0.15, 0.2) is 0 Å². The van der Waals surface area contributed by atoms with E-state index < -0.39 is 0 Å². The van der Waals surface area contributed by atoms with E-state index in [1.165, 1.54) is 0 Å². The largest absolute Gasteiger partial charge is 0.383 e. The van der Waals surface area contributed by atoms with E-state index in [1.54, 1.807) is 7.11 Å². The average molecular weight is 173 g/mol. The van der Waals surface area contributed by atoms with Crippen LogP contribution in [0.15, 0.2) is 11.9 Å².